The molecule has 7 heteroatoms. The molecule has 0 spiro atoms. The maximum absolute atomic E-state index is 13.2. The smallest absolute Gasteiger partial charge is 0.234 e. The lowest BCUT2D eigenvalue weighted by Gasteiger charge is -2.27. The average molecular weight is 456 g/mol. The highest BCUT2D eigenvalue weighted by atomic mass is 16.5. The van der Waals surface area contributed by atoms with E-state index in [0.29, 0.717) is 30.2 Å². The van der Waals surface area contributed by atoms with E-state index < -0.39 is 0 Å². The summed E-state index contributed by atoms with van der Waals surface area (Å²) < 4.78 is 5.79. The summed E-state index contributed by atoms with van der Waals surface area (Å²) in [6, 6.07) is 23.1. The molecule has 4 rings (SSSR count). The number of nitriles is 1. The zero-order valence-electron chi connectivity index (χ0n) is 19.2. The van der Waals surface area contributed by atoms with Gasteiger partial charge in [-0.25, -0.2) is 4.98 Å². The molecule has 1 aromatic heterocycles. The van der Waals surface area contributed by atoms with Crippen molar-refractivity contribution in [2.45, 2.75) is 24.9 Å². The fourth-order valence-corrected chi connectivity index (χ4v) is 3.77. The molecule has 0 aliphatic carbocycles. The van der Waals surface area contributed by atoms with Crippen molar-refractivity contribution in [2.24, 2.45) is 0 Å². The summed E-state index contributed by atoms with van der Waals surface area (Å²) >= 11 is 0. The van der Waals surface area contributed by atoms with Crippen LogP contribution in [0.3, 0.4) is 0 Å². The summed E-state index contributed by atoms with van der Waals surface area (Å²) in [5, 5.41) is 18.5. The molecular formula is C27H29N5O2. The van der Waals surface area contributed by atoms with E-state index in [1.165, 1.54) is 0 Å². The number of amides is 1. The zero-order valence-corrected chi connectivity index (χ0v) is 19.2. The monoisotopic (exact) mass is 455 g/mol. The van der Waals surface area contributed by atoms with Gasteiger partial charge in [0.1, 0.15) is 17.7 Å². The Morgan fingerprint density at radius 3 is 2.47 bits per heavy atom. The third-order valence-corrected chi connectivity index (χ3v) is 5.96. The number of hydrogen-bond donors (Lipinski definition) is 3. The van der Waals surface area contributed by atoms with Gasteiger partial charge < -0.3 is 20.7 Å². The molecule has 1 amide bonds. The van der Waals surface area contributed by atoms with Crippen LogP contribution in [0.15, 0.2) is 72.9 Å². The third-order valence-electron chi connectivity index (χ3n) is 5.96. The molecule has 1 aliphatic heterocycles. The lowest BCUT2D eigenvalue weighted by molar-refractivity contribution is -0.117. The standard InChI is InChI=1S/C27H29N5O2/c1-19(21-9-7-20(13-28)8-10-21)14-29-18-25(22-5-3-2-4-6-22)27(33)32-26-12-11-23(17-31-26)34-24-15-30-16-24/h2-12,17,19,24-25,29-30H,14-16,18H2,1H3,(H,31,32,33)/t19-,25?/m1/s1. The Bertz CT molecular complexity index is 1110. The molecule has 2 heterocycles. The molecule has 34 heavy (non-hydrogen) atoms. The summed E-state index contributed by atoms with van der Waals surface area (Å²) in [6.45, 7) is 5.01. The lowest BCUT2D eigenvalue weighted by atomic mass is 9.96. The first kappa shape index (κ1) is 23.4. The first-order valence-electron chi connectivity index (χ1n) is 11.5. The van der Waals surface area contributed by atoms with Crippen molar-refractivity contribution in [1.82, 2.24) is 15.6 Å². The fraction of sp³-hybridized carbons (Fsp3) is 0.296. The van der Waals surface area contributed by atoms with Gasteiger partial charge in [-0.15, -0.1) is 0 Å². The van der Waals surface area contributed by atoms with Crippen LogP contribution in [0.5, 0.6) is 5.75 Å². The lowest BCUT2D eigenvalue weighted by Crippen LogP contribution is -2.50. The van der Waals surface area contributed by atoms with E-state index in [0.717, 1.165) is 24.2 Å². The zero-order chi connectivity index (χ0) is 23.8. The van der Waals surface area contributed by atoms with Crippen molar-refractivity contribution in [2.75, 3.05) is 31.5 Å². The molecule has 7 nitrogen and oxygen atoms in total. The normalized spacial score (nSPS) is 14.9. The molecule has 1 aliphatic rings. The molecule has 0 saturated carbocycles. The Morgan fingerprint density at radius 2 is 1.85 bits per heavy atom. The summed E-state index contributed by atoms with van der Waals surface area (Å²) in [4.78, 5) is 17.5. The quantitative estimate of drug-likeness (QED) is 0.433. The van der Waals surface area contributed by atoms with Crippen LogP contribution in [-0.4, -0.2) is 43.2 Å². The highest BCUT2D eigenvalue weighted by Crippen LogP contribution is 2.20. The maximum atomic E-state index is 13.2. The maximum Gasteiger partial charge on any atom is 0.234 e. The van der Waals surface area contributed by atoms with Crippen LogP contribution in [0.1, 0.15) is 35.4 Å². The van der Waals surface area contributed by atoms with E-state index >= 15 is 0 Å². The van der Waals surface area contributed by atoms with Crippen LogP contribution in [0, 0.1) is 11.3 Å². The van der Waals surface area contributed by atoms with E-state index in [9.17, 15) is 4.79 Å². The average Bonchev–Trinajstić information content (AvgIpc) is 2.85. The first-order valence-corrected chi connectivity index (χ1v) is 11.5. The molecule has 0 bridgehead atoms. The SMILES string of the molecule is C[C@H](CNCC(C(=O)Nc1ccc(OC2CNC2)cn1)c1ccccc1)c1ccc(C#N)cc1. The van der Waals surface area contributed by atoms with Gasteiger partial charge in [0.25, 0.3) is 0 Å². The van der Waals surface area contributed by atoms with Crippen LogP contribution >= 0.6 is 0 Å². The molecular weight excluding hydrogens is 426 g/mol. The Morgan fingerprint density at radius 1 is 1.09 bits per heavy atom. The van der Waals surface area contributed by atoms with Crippen molar-refractivity contribution in [1.29, 1.82) is 5.26 Å². The predicted octanol–water partition coefficient (Wildman–Crippen LogP) is 3.42. The molecule has 1 saturated heterocycles. The van der Waals surface area contributed by atoms with Gasteiger partial charge in [-0.3, -0.25) is 4.79 Å². The van der Waals surface area contributed by atoms with Gasteiger partial charge in [0.05, 0.1) is 23.7 Å². The van der Waals surface area contributed by atoms with Crippen molar-refractivity contribution < 1.29 is 9.53 Å². The second-order valence-electron chi connectivity index (χ2n) is 8.52. The molecule has 174 valence electrons. The van der Waals surface area contributed by atoms with Crippen molar-refractivity contribution in [3.63, 3.8) is 0 Å². The Balaban J connectivity index is 1.36. The van der Waals surface area contributed by atoms with Crippen molar-refractivity contribution >= 4 is 11.7 Å². The number of ether oxygens (including phenoxy) is 1. The van der Waals surface area contributed by atoms with Crippen LogP contribution in [0.25, 0.3) is 0 Å². The van der Waals surface area contributed by atoms with Crippen molar-refractivity contribution in [3.8, 4) is 11.8 Å². The van der Waals surface area contributed by atoms with Gasteiger partial charge >= 0.3 is 0 Å². The van der Waals surface area contributed by atoms with Crippen LogP contribution < -0.4 is 20.7 Å². The summed E-state index contributed by atoms with van der Waals surface area (Å²) in [5.74, 6) is 0.952. The minimum atomic E-state index is -0.367. The van der Waals surface area contributed by atoms with Gasteiger partial charge in [-0.2, -0.15) is 5.26 Å². The van der Waals surface area contributed by atoms with Crippen LogP contribution in [-0.2, 0) is 4.79 Å². The fourth-order valence-electron chi connectivity index (χ4n) is 3.77. The number of anilines is 1. The van der Waals surface area contributed by atoms with Gasteiger partial charge in [0.2, 0.25) is 5.91 Å². The summed E-state index contributed by atoms with van der Waals surface area (Å²) in [5.41, 5.74) is 2.74. The van der Waals surface area contributed by atoms with Crippen LogP contribution in [0.4, 0.5) is 5.82 Å². The molecule has 1 fully saturated rings. The number of pyridine rings is 1. The molecule has 2 aromatic carbocycles. The van der Waals surface area contributed by atoms with E-state index in [4.69, 9.17) is 10.00 Å². The molecule has 2 atom stereocenters. The third kappa shape index (κ3) is 6.19. The van der Waals surface area contributed by atoms with Gasteiger partial charge in [-0.1, -0.05) is 49.4 Å². The molecule has 1 unspecified atom stereocenters. The van der Waals surface area contributed by atoms with Gasteiger partial charge in [0, 0.05) is 26.2 Å². The van der Waals surface area contributed by atoms with Crippen molar-refractivity contribution in [3.05, 3.63) is 89.6 Å². The molecule has 0 radical (unpaired) electrons. The minimum absolute atomic E-state index is 0.117. The number of hydrogen-bond acceptors (Lipinski definition) is 6. The summed E-state index contributed by atoms with van der Waals surface area (Å²) in [7, 11) is 0. The number of rotatable bonds is 10. The number of carbonyl (C=O) groups excluding carboxylic acids is 1. The highest BCUT2D eigenvalue weighted by Gasteiger charge is 2.22. The van der Waals surface area contributed by atoms with E-state index in [1.54, 1.807) is 12.3 Å². The first-order chi connectivity index (χ1) is 16.6. The second-order valence-corrected chi connectivity index (χ2v) is 8.52. The topological polar surface area (TPSA) is 99.1 Å². The Labute approximate surface area is 200 Å². The number of nitrogens with one attached hydrogen (secondary N) is 3. The van der Waals surface area contributed by atoms with Crippen LogP contribution in [0.2, 0.25) is 0 Å². The predicted molar refractivity (Wildman–Crippen MR) is 132 cm³/mol. The van der Waals surface area contributed by atoms with Gasteiger partial charge in [0.15, 0.2) is 0 Å². The second kappa shape index (κ2) is 11.4. The number of nitrogens with zero attached hydrogens (tertiary/aromatic N) is 2. The molecule has 3 N–H and O–H groups in total. The number of aromatic nitrogens is 1. The van der Waals surface area contributed by atoms with E-state index in [1.807, 2.05) is 60.7 Å². The van der Waals surface area contributed by atoms with E-state index in [-0.39, 0.29) is 23.8 Å². The van der Waals surface area contributed by atoms with Gasteiger partial charge in [-0.05, 0) is 41.3 Å². The minimum Gasteiger partial charge on any atom is -0.486 e. The molecule has 3 aromatic rings. The van der Waals surface area contributed by atoms with E-state index in [2.05, 4.69) is 33.9 Å². The largest absolute Gasteiger partial charge is 0.486 e. The number of carbonyl (C=O) groups is 1. The highest BCUT2D eigenvalue weighted by molar-refractivity contribution is 5.95. The Hall–Kier alpha value is -3.73. The Kier molecular flexibility index (Phi) is 7.87. The number of benzene rings is 2. The summed E-state index contributed by atoms with van der Waals surface area (Å²) in [6.07, 6.45) is 1.82.